The quantitative estimate of drug-likeness (QED) is 0.487. The lowest BCUT2D eigenvalue weighted by Crippen LogP contribution is -2.41. The van der Waals surface area contributed by atoms with Crippen LogP contribution in [0.4, 0.5) is 32.2 Å². The molecule has 1 saturated heterocycles. The molecule has 38 heavy (non-hydrogen) atoms. The second-order valence-electron chi connectivity index (χ2n) is 8.12. The number of hydrogen-bond acceptors (Lipinski definition) is 7. The van der Waals surface area contributed by atoms with Crippen molar-refractivity contribution in [1.82, 2.24) is 19.4 Å². The van der Waals surface area contributed by atoms with E-state index in [4.69, 9.17) is 24.5 Å². The predicted octanol–water partition coefficient (Wildman–Crippen LogP) is 3.19. The Hall–Kier alpha value is -3.40. The van der Waals surface area contributed by atoms with Crippen LogP contribution in [0.5, 0.6) is 0 Å². The monoisotopic (exact) mass is 555 g/mol. The molecule has 2 aliphatic heterocycles. The number of carboxylic acids is 2. The van der Waals surface area contributed by atoms with E-state index >= 15 is 0 Å². The number of nitrogens with one attached hydrogen (secondary N) is 1. The third-order valence-corrected chi connectivity index (χ3v) is 5.56. The van der Waals surface area contributed by atoms with Crippen molar-refractivity contribution < 1.29 is 50.9 Å². The number of hydrogen-bond donors (Lipinski definition) is 3. The second kappa shape index (κ2) is 13.9. The van der Waals surface area contributed by atoms with Gasteiger partial charge >= 0.3 is 24.3 Å². The molecule has 4 rings (SSSR count). The summed E-state index contributed by atoms with van der Waals surface area (Å²) in [6.45, 7) is 5.81. The molecule has 2 aliphatic rings. The van der Waals surface area contributed by atoms with Gasteiger partial charge in [0.05, 0.1) is 18.4 Å². The van der Waals surface area contributed by atoms with Crippen molar-refractivity contribution >= 4 is 17.8 Å². The largest absolute Gasteiger partial charge is 0.490 e. The van der Waals surface area contributed by atoms with Crippen LogP contribution in [0.1, 0.15) is 24.4 Å². The molecule has 2 aromatic rings. The highest BCUT2D eigenvalue weighted by molar-refractivity contribution is 5.73. The van der Waals surface area contributed by atoms with E-state index in [0.29, 0.717) is 6.04 Å². The molecule has 1 fully saturated rings. The first-order valence-electron chi connectivity index (χ1n) is 11.4. The topological polar surface area (TPSA) is 130 Å². The van der Waals surface area contributed by atoms with Gasteiger partial charge in [0, 0.05) is 51.5 Å². The molecule has 0 unspecified atom stereocenters. The highest BCUT2D eigenvalue weighted by atomic mass is 19.4. The molecular formula is C22H27F6N5O5. The molecule has 2 aromatic heterocycles. The summed E-state index contributed by atoms with van der Waals surface area (Å²) in [6, 6.07) is 6.60. The maximum absolute atomic E-state index is 10.6. The summed E-state index contributed by atoms with van der Waals surface area (Å²) >= 11 is 0. The van der Waals surface area contributed by atoms with Gasteiger partial charge in [-0.25, -0.2) is 19.6 Å². The number of carbonyl (C=O) groups is 2. The van der Waals surface area contributed by atoms with E-state index in [2.05, 4.69) is 24.8 Å². The van der Waals surface area contributed by atoms with Crippen LogP contribution in [-0.4, -0.2) is 86.3 Å². The van der Waals surface area contributed by atoms with Gasteiger partial charge in [-0.1, -0.05) is 6.07 Å². The molecule has 16 heteroatoms. The molecule has 0 spiro atoms. The Labute approximate surface area is 213 Å². The van der Waals surface area contributed by atoms with Crippen LogP contribution in [0.3, 0.4) is 0 Å². The third kappa shape index (κ3) is 10.2. The van der Waals surface area contributed by atoms with E-state index in [9.17, 15) is 26.3 Å². The summed E-state index contributed by atoms with van der Waals surface area (Å²) in [5, 5.41) is 17.6. The number of nitrogens with zero attached hydrogens (tertiary/aromatic N) is 4. The van der Waals surface area contributed by atoms with E-state index in [1.165, 1.54) is 11.5 Å². The van der Waals surface area contributed by atoms with Crippen LogP contribution in [0.2, 0.25) is 0 Å². The average molecular weight is 555 g/mol. The van der Waals surface area contributed by atoms with Gasteiger partial charge in [-0.3, -0.25) is 4.90 Å². The minimum Gasteiger partial charge on any atom is -0.475 e. The maximum Gasteiger partial charge on any atom is 0.490 e. The minimum absolute atomic E-state index is 0.679. The second-order valence-corrected chi connectivity index (χ2v) is 8.12. The van der Waals surface area contributed by atoms with E-state index in [-0.39, 0.29) is 0 Å². The van der Waals surface area contributed by atoms with Gasteiger partial charge in [0.1, 0.15) is 11.6 Å². The lowest BCUT2D eigenvalue weighted by atomic mass is 10.1. The fourth-order valence-electron chi connectivity index (χ4n) is 3.72. The summed E-state index contributed by atoms with van der Waals surface area (Å²) < 4.78 is 71.4. The molecule has 0 aromatic carbocycles. The van der Waals surface area contributed by atoms with E-state index in [1.807, 2.05) is 30.6 Å². The highest BCUT2D eigenvalue weighted by Crippen LogP contribution is 2.19. The minimum atomic E-state index is -5.08. The number of pyridine rings is 1. The van der Waals surface area contributed by atoms with Gasteiger partial charge in [0.25, 0.3) is 0 Å². The Balaban J connectivity index is 0.000000301. The predicted molar refractivity (Wildman–Crippen MR) is 120 cm³/mol. The average Bonchev–Trinajstić information content (AvgIpc) is 3.12. The van der Waals surface area contributed by atoms with Gasteiger partial charge in [-0.2, -0.15) is 26.3 Å². The number of halogens is 6. The van der Waals surface area contributed by atoms with Crippen LogP contribution < -0.4 is 5.32 Å². The lowest BCUT2D eigenvalue weighted by molar-refractivity contribution is -0.193. The van der Waals surface area contributed by atoms with Crippen molar-refractivity contribution in [2.75, 3.05) is 31.6 Å². The van der Waals surface area contributed by atoms with Crippen molar-refractivity contribution in [3.8, 4) is 0 Å². The molecule has 4 heterocycles. The summed E-state index contributed by atoms with van der Waals surface area (Å²) in [5.41, 5.74) is 1.24. The molecule has 0 bridgehead atoms. The molecule has 0 amide bonds. The van der Waals surface area contributed by atoms with E-state index in [1.54, 1.807) is 0 Å². The Morgan fingerprint density at radius 2 is 1.58 bits per heavy atom. The van der Waals surface area contributed by atoms with Crippen LogP contribution >= 0.6 is 0 Å². The van der Waals surface area contributed by atoms with Crippen LogP contribution in [0.25, 0.3) is 0 Å². The van der Waals surface area contributed by atoms with Crippen LogP contribution in [-0.2, 0) is 33.8 Å². The molecule has 10 nitrogen and oxygen atoms in total. The molecule has 3 N–H and O–H groups in total. The fourth-order valence-corrected chi connectivity index (χ4v) is 3.72. The SMILES string of the molecule is O=C(O)C(F)(F)F.O=C(O)C(F)(F)F.c1ccc(NCc2cnc3n2CCN(C2CCOCC2)CC3)nc1. The Bertz CT molecular complexity index is 1000. The van der Waals surface area contributed by atoms with E-state index < -0.39 is 24.3 Å². The van der Waals surface area contributed by atoms with Gasteiger partial charge in [-0.05, 0) is 25.0 Å². The first-order valence-corrected chi connectivity index (χ1v) is 11.4. The summed E-state index contributed by atoms with van der Waals surface area (Å²) in [4.78, 5) is 29.4. The summed E-state index contributed by atoms with van der Waals surface area (Å²) in [7, 11) is 0. The zero-order valence-electron chi connectivity index (χ0n) is 20.0. The van der Waals surface area contributed by atoms with Crippen molar-refractivity contribution in [2.24, 2.45) is 0 Å². The molecule has 0 radical (unpaired) electrons. The zero-order chi connectivity index (χ0) is 28.3. The number of imidazole rings is 1. The summed E-state index contributed by atoms with van der Waals surface area (Å²) in [6.07, 6.45) is -2.99. The van der Waals surface area contributed by atoms with Crippen molar-refractivity contribution in [1.29, 1.82) is 0 Å². The van der Waals surface area contributed by atoms with Crippen molar-refractivity contribution in [3.63, 3.8) is 0 Å². The number of rotatable bonds is 4. The van der Waals surface area contributed by atoms with Gasteiger partial charge in [0.2, 0.25) is 0 Å². The number of carboxylic acid groups (broad SMARTS) is 2. The standard InChI is InChI=1S/C18H25N5O.2C2HF3O2/c1-2-7-19-17(3-1)20-13-16-14-21-18-4-8-22(9-10-23(16)18)15-5-11-24-12-6-15;2*3-2(4,5)1(6)7/h1-3,7,14-15H,4-6,8-13H2,(H,19,20);2*(H,6,7). The number of ether oxygens (including phenoxy) is 1. The number of aliphatic carboxylic acids is 2. The molecule has 0 atom stereocenters. The molecule has 212 valence electrons. The molecular weight excluding hydrogens is 528 g/mol. The number of alkyl halides is 6. The van der Waals surface area contributed by atoms with Gasteiger partial charge < -0.3 is 24.8 Å². The van der Waals surface area contributed by atoms with Crippen LogP contribution in [0.15, 0.2) is 30.6 Å². The molecule has 0 aliphatic carbocycles. The first kappa shape index (κ1) is 30.8. The van der Waals surface area contributed by atoms with Crippen LogP contribution in [0, 0.1) is 0 Å². The Morgan fingerprint density at radius 1 is 0.974 bits per heavy atom. The Morgan fingerprint density at radius 3 is 2.11 bits per heavy atom. The van der Waals surface area contributed by atoms with Crippen molar-refractivity contribution in [2.45, 2.75) is 50.7 Å². The normalized spacial score (nSPS) is 16.6. The first-order chi connectivity index (χ1) is 17.8. The van der Waals surface area contributed by atoms with Gasteiger partial charge in [-0.15, -0.1) is 0 Å². The maximum atomic E-state index is 10.6. The number of anilines is 1. The number of fused-ring (bicyclic) bond motifs is 1. The number of aromatic nitrogens is 3. The third-order valence-electron chi connectivity index (χ3n) is 5.56. The lowest BCUT2D eigenvalue weighted by Gasteiger charge is -2.33. The summed E-state index contributed by atoms with van der Waals surface area (Å²) in [5.74, 6) is -3.40. The zero-order valence-corrected chi connectivity index (χ0v) is 20.0. The highest BCUT2D eigenvalue weighted by Gasteiger charge is 2.38. The molecule has 0 saturated carbocycles. The van der Waals surface area contributed by atoms with Crippen molar-refractivity contribution in [3.05, 3.63) is 42.1 Å². The fraction of sp³-hybridized carbons (Fsp3) is 0.545. The van der Waals surface area contributed by atoms with E-state index in [0.717, 1.165) is 64.5 Å². The van der Waals surface area contributed by atoms with Gasteiger partial charge in [0.15, 0.2) is 0 Å². The smallest absolute Gasteiger partial charge is 0.475 e. The Kier molecular flexibility index (Phi) is 11.3.